The predicted molar refractivity (Wildman–Crippen MR) is 142 cm³/mol. The van der Waals surface area contributed by atoms with E-state index < -0.39 is 18.4 Å². The molecule has 9 heteroatoms. The van der Waals surface area contributed by atoms with Crippen molar-refractivity contribution in [2.45, 2.75) is 19.9 Å². The molecule has 0 spiro atoms. The number of nitrogens with two attached hydrogens (primary N) is 1. The quantitative estimate of drug-likeness (QED) is 0.369. The number of hydrogen-bond acceptors (Lipinski definition) is 5. The Labute approximate surface area is 215 Å². The van der Waals surface area contributed by atoms with Crippen LogP contribution in [0.2, 0.25) is 0 Å². The summed E-state index contributed by atoms with van der Waals surface area (Å²) in [6, 6.07) is 22.8. The normalized spacial score (nSPS) is 10.4. The van der Waals surface area contributed by atoms with Crippen LogP contribution in [0.4, 0.5) is 11.4 Å². The van der Waals surface area contributed by atoms with Crippen LogP contribution in [0.5, 0.6) is 0 Å². The molecule has 0 atom stereocenters. The van der Waals surface area contributed by atoms with Crippen LogP contribution in [-0.2, 0) is 16.1 Å². The second-order valence-electron chi connectivity index (χ2n) is 8.30. The first kappa shape index (κ1) is 27.1. The number of aliphatic carboxylic acids is 1. The van der Waals surface area contributed by atoms with Gasteiger partial charge in [0.2, 0.25) is 5.91 Å². The van der Waals surface area contributed by atoms with E-state index in [0.717, 1.165) is 5.56 Å². The average Bonchev–Trinajstić information content (AvgIpc) is 2.93. The highest BCUT2D eigenvalue weighted by Gasteiger charge is 2.20. The highest BCUT2D eigenvalue weighted by molar-refractivity contribution is 6.07. The number of nitrogens with one attached hydrogen (secondary N) is 1. The molecule has 0 aliphatic rings. The molecule has 3 aromatic carbocycles. The van der Waals surface area contributed by atoms with Crippen LogP contribution in [0.25, 0.3) is 0 Å². The maximum absolute atomic E-state index is 13.4. The van der Waals surface area contributed by atoms with Crippen LogP contribution in [0, 0.1) is 0 Å². The number of nitrogens with zero attached hydrogens (tertiary/aromatic N) is 2. The van der Waals surface area contributed by atoms with Crippen LogP contribution in [0.1, 0.15) is 39.6 Å². The zero-order chi connectivity index (χ0) is 26.8. The molecule has 0 radical (unpaired) electrons. The van der Waals surface area contributed by atoms with Gasteiger partial charge in [0.25, 0.3) is 11.8 Å². The lowest BCUT2D eigenvalue weighted by Crippen LogP contribution is -2.35. The summed E-state index contributed by atoms with van der Waals surface area (Å²) in [6.45, 7) is 2.16. The van der Waals surface area contributed by atoms with E-state index in [-0.39, 0.29) is 18.4 Å². The standard InChI is InChI=1S/C28H30N4O5/c1-2-16-31(23-12-8-21(9-13-23)27(36)30-18-26(34)35)28(37)22-10-14-24(15-11-22)32(25(33)17-29)19-20-6-4-3-5-7-20/h3-15H,2,16-19,29H2,1H3,(H,30,36)(H,34,35). The van der Waals surface area contributed by atoms with E-state index in [0.29, 0.717) is 42.0 Å². The van der Waals surface area contributed by atoms with Gasteiger partial charge in [-0.25, -0.2) is 0 Å². The monoisotopic (exact) mass is 502 g/mol. The van der Waals surface area contributed by atoms with Crippen molar-refractivity contribution in [3.8, 4) is 0 Å². The number of rotatable bonds is 11. The van der Waals surface area contributed by atoms with E-state index in [1.54, 1.807) is 58.3 Å². The van der Waals surface area contributed by atoms with Crippen molar-refractivity contribution >= 4 is 35.1 Å². The van der Waals surface area contributed by atoms with E-state index in [9.17, 15) is 19.2 Å². The first-order valence-corrected chi connectivity index (χ1v) is 11.9. The van der Waals surface area contributed by atoms with Gasteiger partial charge in [-0.15, -0.1) is 0 Å². The number of benzene rings is 3. The fourth-order valence-corrected chi connectivity index (χ4v) is 3.76. The zero-order valence-corrected chi connectivity index (χ0v) is 20.6. The fraction of sp³-hybridized carbons (Fsp3) is 0.214. The van der Waals surface area contributed by atoms with E-state index in [1.807, 2.05) is 37.3 Å². The number of anilines is 2. The first-order chi connectivity index (χ1) is 17.8. The second kappa shape index (κ2) is 13.0. The van der Waals surface area contributed by atoms with E-state index in [2.05, 4.69) is 5.32 Å². The Bertz CT molecular complexity index is 1230. The van der Waals surface area contributed by atoms with Gasteiger partial charge in [-0.05, 0) is 60.5 Å². The number of carbonyl (C=O) groups excluding carboxylic acids is 3. The van der Waals surface area contributed by atoms with E-state index in [1.165, 1.54) is 0 Å². The Morgan fingerprint density at radius 3 is 1.92 bits per heavy atom. The van der Waals surface area contributed by atoms with Crippen LogP contribution >= 0.6 is 0 Å². The van der Waals surface area contributed by atoms with Gasteiger partial charge in [-0.3, -0.25) is 19.2 Å². The van der Waals surface area contributed by atoms with Gasteiger partial charge >= 0.3 is 5.97 Å². The SMILES string of the molecule is CCCN(C(=O)c1ccc(N(Cc2ccccc2)C(=O)CN)cc1)c1ccc(C(=O)NCC(=O)O)cc1. The summed E-state index contributed by atoms with van der Waals surface area (Å²) in [5.41, 5.74) is 8.57. The number of carboxylic acids is 1. The third-order valence-corrected chi connectivity index (χ3v) is 5.62. The summed E-state index contributed by atoms with van der Waals surface area (Å²) in [7, 11) is 0. The molecule has 0 saturated carbocycles. The van der Waals surface area contributed by atoms with Gasteiger partial charge < -0.3 is 26.0 Å². The summed E-state index contributed by atoms with van der Waals surface area (Å²) < 4.78 is 0. The smallest absolute Gasteiger partial charge is 0.322 e. The lowest BCUT2D eigenvalue weighted by molar-refractivity contribution is -0.135. The summed E-state index contributed by atoms with van der Waals surface area (Å²) in [5, 5.41) is 11.0. The summed E-state index contributed by atoms with van der Waals surface area (Å²) in [4.78, 5) is 51.9. The van der Waals surface area contributed by atoms with Crippen molar-refractivity contribution in [2.75, 3.05) is 29.4 Å². The maximum Gasteiger partial charge on any atom is 0.322 e. The van der Waals surface area contributed by atoms with Crippen molar-refractivity contribution in [1.82, 2.24) is 5.32 Å². The molecular formula is C28H30N4O5. The second-order valence-corrected chi connectivity index (χ2v) is 8.30. The molecule has 0 unspecified atom stereocenters. The van der Waals surface area contributed by atoms with Gasteiger partial charge in [0, 0.05) is 29.0 Å². The lowest BCUT2D eigenvalue weighted by atomic mass is 10.1. The largest absolute Gasteiger partial charge is 0.480 e. The minimum Gasteiger partial charge on any atom is -0.480 e. The fourth-order valence-electron chi connectivity index (χ4n) is 3.76. The van der Waals surface area contributed by atoms with Crippen molar-refractivity contribution in [3.63, 3.8) is 0 Å². The molecular weight excluding hydrogens is 472 g/mol. The Morgan fingerprint density at radius 1 is 0.811 bits per heavy atom. The summed E-state index contributed by atoms with van der Waals surface area (Å²) >= 11 is 0. The van der Waals surface area contributed by atoms with Crippen LogP contribution in [0.3, 0.4) is 0 Å². The van der Waals surface area contributed by atoms with Crippen molar-refractivity contribution in [3.05, 3.63) is 95.6 Å². The Balaban J connectivity index is 1.79. The first-order valence-electron chi connectivity index (χ1n) is 11.9. The Hall–Kier alpha value is -4.50. The molecule has 3 aromatic rings. The van der Waals surface area contributed by atoms with Crippen LogP contribution < -0.4 is 20.9 Å². The molecule has 0 aliphatic heterocycles. The molecule has 0 fully saturated rings. The molecule has 4 N–H and O–H groups in total. The molecule has 0 aliphatic carbocycles. The molecule has 0 bridgehead atoms. The van der Waals surface area contributed by atoms with E-state index in [4.69, 9.17) is 10.8 Å². The molecule has 0 aromatic heterocycles. The van der Waals surface area contributed by atoms with Crippen molar-refractivity contribution in [2.24, 2.45) is 5.73 Å². The van der Waals surface area contributed by atoms with Crippen LogP contribution in [-0.4, -0.2) is 48.4 Å². The Kier molecular flexibility index (Phi) is 9.51. The molecule has 0 saturated heterocycles. The highest BCUT2D eigenvalue weighted by Crippen LogP contribution is 2.22. The highest BCUT2D eigenvalue weighted by atomic mass is 16.4. The molecule has 3 amide bonds. The minimum atomic E-state index is -1.13. The third-order valence-electron chi connectivity index (χ3n) is 5.62. The molecule has 9 nitrogen and oxygen atoms in total. The average molecular weight is 503 g/mol. The minimum absolute atomic E-state index is 0.137. The Morgan fingerprint density at radius 2 is 1.38 bits per heavy atom. The van der Waals surface area contributed by atoms with Gasteiger partial charge in [-0.1, -0.05) is 37.3 Å². The third kappa shape index (κ3) is 7.25. The van der Waals surface area contributed by atoms with Gasteiger partial charge in [0.15, 0.2) is 0 Å². The number of hydrogen-bond donors (Lipinski definition) is 3. The zero-order valence-electron chi connectivity index (χ0n) is 20.6. The predicted octanol–water partition coefficient (Wildman–Crippen LogP) is 3.05. The van der Waals surface area contributed by atoms with Crippen molar-refractivity contribution < 1.29 is 24.3 Å². The summed E-state index contributed by atoms with van der Waals surface area (Å²) in [6.07, 6.45) is 0.709. The molecule has 192 valence electrons. The lowest BCUT2D eigenvalue weighted by Gasteiger charge is -2.24. The van der Waals surface area contributed by atoms with Gasteiger partial charge in [0.1, 0.15) is 6.54 Å². The molecule has 0 heterocycles. The number of carbonyl (C=O) groups is 4. The number of carboxylic acid groups (broad SMARTS) is 1. The van der Waals surface area contributed by atoms with Crippen molar-refractivity contribution in [1.29, 1.82) is 0 Å². The van der Waals surface area contributed by atoms with Gasteiger partial charge in [0.05, 0.1) is 13.1 Å². The molecule has 3 rings (SSSR count). The van der Waals surface area contributed by atoms with E-state index >= 15 is 0 Å². The number of amides is 3. The van der Waals surface area contributed by atoms with Gasteiger partial charge in [-0.2, -0.15) is 0 Å². The topological polar surface area (TPSA) is 133 Å². The maximum atomic E-state index is 13.4. The summed E-state index contributed by atoms with van der Waals surface area (Å²) in [5.74, 6) is -2.10. The molecule has 37 heavy (non-hydrogen) atoms. The van der Waals surface area contributed by atoms with Crippen LogP contribution in [0.15, 0.2) is 78.9 Å².